The normalized spacial score (nSPS) is 8.92. The van der Waals surface area contributed by atoms with E-state index in [9.17, 15) is 9.59 Å². The van der Waals surface area contributed by atoms with Gasteiger partial charge < -0.3 is 21.7 Å². The number of nitrogens with two attached hydrogens (primary N) is 2. The van der Waals surface area contributed by atoms with E-state index in [0.29, 0.717) is 22.5 Å². The van der Waals surface area contributed by atoms with Gasteiger partial charge in [0.2, 0.25) is 0 Å². The minimum atomic E-state index is -0.879. The van der Waals surface area contributed by atoms with Crippen molar-refractivity contribution in [3.8, 4) is 0 Å². The molecule has 6 N–H and O–H groups in total. The van der Waals surface area contributed by atoms with E-state index in [1.165, 1.54) is 0 Å². The molecule has 26 heavy (non-hydrogen) atoms. The lowest BCUT2D eigenvalue weighted by molar-refractivity contribution is 0.0686. The van der Waals surface area contributed by atoms with Gasteiger partial charge in [0, 0.05) is 0 Å². The Labute approximate surface area is 151 Å². The second-order valence-electron chi connectivity index (χ2n) is 4.97. The first kappa shape index (κ1) is 20.2. The van der Waals surface area contributed by atoms with Gasteiger partial charge in [0.25, 0.3) is 0 Å². The first-order valence-electron chi connectivity index (χ1n) is 7.58. The topological polar surface area (TPSA) is 127 Å². The van der Waals surface area contributed by atoms with E-state index in [-0.39, 0.29) is 0 Å². The quantitative estimate of drug-likeness (QED) is 0.522. The third-order valence-corrected chi connectivity index (χ3v) is 3.04. The molecule has 0 saturated carbocycles. The third kappa shape index (κ3) is 7.65. The molecule has 6 heteroatoms. The molecule has 0 aliphatic heterocycles. The van der Waals surface area contributed by atoms with Crippen LogP contribution in [0.1, 0.15) is 20.7 Å². The van der Waals surface area contributed by atoms with Crippen molar-refractivity contribution in [2.75, 3.05) is 11.5 Å². The van der Waals surface area contributed by atoms with Crippen LogP contribution in [0.2, 0.25) is 0 Å². The first-order chi connectivity index (χ1) is 12.4. The number of rotatable bonds is 2. The predicted octanol–water partition coefficient (Wildman–Crippen LogP) is 3.62. The fourth-order valence-electron chi connectivity index (χ4n) is 1.67. The number of carboxylic acid groups (broad SMARTS) is 2. The van der Waals surface area contributed by atoms with Crippen molar-refractivity contribution < 1.29 is 19.8 Å². The minimum absolute atomic E-state index is 0.331. The second kappa shape index (κ2) is 10.9. The molecule has 0 radical (unpaired) electrons. The summed E-state index contributed by atoms with van der Waals surface area (Å²) in [7, 11) is 0. The van der Waals surface area contributed by atoms with E-state index in [2.05, 4.69) is 0 Å². The van der Waals surface area contributed by atoms with Gasteiger partial charge >= 0.3 is 11.9 Å². The minimum Gasteiger partial charge on any atom is -0.478 e. The number of carboxylic acids is 2. The lowest BCUT2D eigenvalue weighted by atomic mass is 10.2. The zero-order valence-electron chi connectivity index (χ0n) is 13.9. The van der Waals surface area contributed by atoms with Crippen molar-refractivity contribution in [2.45, 2.75) is 0 Å². The Kier molecular flexibility index (Phi) is 8.47. The van der Waals surface area contributed by atoms with Crippen molar-refractivity contribution in [3.63, 3.8) is 0 Å². The monoisotopic (exact) mass is 352 g/mol. The van der Waals surface area contributed by atoms with E-state index in [0.717, 1.165) is 0 Å². The summed E-state index contributed by atoms with van der Waals surface area (Å²) in [4.78, 5) is 20.4. The molecule has 3 aromatic rings. The molecule has 0 amide bonds. The van der Waals surface area contributed by atoms with Crippen LogP contribution in [0.25, 0.3) is 0 Å². The fourth-order valence-corrected chi connectivity index (χ4v) is 1.67. The van der Waals surface area contributed by atoms with Gasteiger partial charge in [-0.15, -0.1) is 0 Å². The summed E-state index contributed by atoms with van der Waals surface area (Å²) >= 11 is 0. The van der Waals surface area contributed by atoms with Crippen LogP contribution < -0.4 is 11.5 Å². The molecular weight excluding hydrogens is 332 g/mol. The Hall–Kier alpha value is -3.80. The molecule has 3 rings (SSSR count). The molecule has 0 aliphatic carbocycles. The SMILES string of the molecule is Nc1ccccc1N.O=C(O)c1ccccc1.O=C(O)c1ccccc1. The number of aromatic carboxylic acids is 2. The number of carbonyl (C=O) groups is 2. The molecular formula is C20H20N2O4. The molecule has 0 heterocycles. The van der Waals surface area contributed by atoms with Crippen LogP contribution in [0.5, 0.6) is 0 Å². The standard InChI is InChI=1S/2C7H6O2.C6H8N2/c2*8-7(9)6-4-2-1-3-5-6;7-5-3-1-2-4-6(5)8/h2*1-5H,(H,8,9);1-4H,7-8H2. The molecule has 0 spiro atoms. The molecule has 0 fully saturated rings. The molecule has 0 aliphatic rings. The highest BCUT2D eigenvalue weighted by molar-refractivity contribution is 5.87. The maximum atomic E-state index is 10.2. The van der Waals surface area contributed by atoms with Crippen molar-refractivity contribution in [2.24, 2.45) is 0 Å². The van der Waals surface area contributed by atoms with Gasteiger partial charge in [-0.05, 0) is 36.4 Å². The third-order valence-electron chi connectivity index (χ3n) is 3.04. The number of hydrogen-bond donors (Lipinski definition) is 4. The molecule has 0 saturated heterocycles. The van der Waals surface area contributed by atoms with Crippen LogP contribution in [0.3, 0.4) is 0 Å². The Morgan fingerprint density at radius 2 is 0.808 bits per heavy atom. The van der Waals surface area contributed by atoms with Gasteiger partial charge in [0.1, 0.15) is 0 Å². The number of nitrogen functional groups attached to an aromatic ring is 2. The molecule has 134 valence electrons. The van der Waals surface area contributed by atoms with Crippen LogP contribution in [-0.4, -0.2) is 22.2 Å². The van der Waals surface area contributed by atoms with E-state index >= 15 is 0 Å². The van der Waals surface area contributed by atoms with Gasteiger partial charge in [-0.1, -0.05) is 48.5 Å². The number of para-hydroxylation sites is 2. The van der Waals surface area contributed by atoms with Crippen LogP contribution in [0.4, 0.5) is 11.4 Å². The summed E-state index contributed by atoms with van der Waals surface area (Å²) in [6.07, 6.45) is 0. The van der Waals surface area contributed by atoms with Crippen LogP contribution in [0, 0.1) is 0 Å². The maximum absolute atomic E-state index is 10.2. The van der Waals surface area contributed by atoms with Crippen molar-refractivity contribution >= 4 is 23.3 Å². The summed E-state index contributed by atoms with van der Waals surface area (Å²) in [5, 5.41) is 16.8. The maximum Gasteiger partial charge on any atom is 0.335 e. The average molecular weight is 352 g/mol. The first-order valence-corrected chi connectivity index (χ1v) is 7.58. The van der Waals surface area contributed by atoms with Gasteiger partial charge in [-0.25, -0.2) is 9.59 Å². The van der Waals surface area contributed by atoms with E-state index < -0.39 is 11.9 Å². The molecule has 3 aromatic carbocycles. The highest BCUT2D eigenvalue weighted by Gasteiger charge is 1.97. The smallest absolute Gasteiger partial charge is 0.335 e. The summed E-state index contributed by atoms with van der Waals surface area (Å²) in [6, 6.07) is 23.8. The summed E-state index contributed by atoms with van der Waals surface area (Å²) in [5.41, 5.74) is 12.7. The van der Waals surface area contributed by atoms with Crippen molar-refractivity contribution in [1.29, 1.82) is 0 Å². The Balaban J connectivity index is 0.000000195. The van der Waals surface area contributed by atoms with Crippen molar-refractivity contribution in [1.82, 2.24) is 0 Å². The summed E-state index contributed by atoms with van der Waals surface area (Å²) in [6.45, 7) is 0. The van der Waals surface area contributed by atoms with Gasteiger partial charge in [-0.2, -0.15) is 0 Å². The highest BCUT2D eigenvalue weighted by Crippen LogP contribution is 2.10. The Morgan fingerprint density at radius 1 is 0.538 bits per heavy atom. The molecule has 0 atom stereocenters. The lowest BCUT2D eigenvalue weighted by Gasteiger charge is -1.94. The van der Waals surface area contributed by atoms with E-state index in [1.807, 2.05) is 12.1 Å². The molecule has 0 unspecified atom stereocenters. The van der Waals surface area contributed by atoms with Crippen LogP contribution in [-0.2, 0) is 0 Å². The van der Waals surface area contributed by atoms with Crippen LogP contribution in [0.15, 0.2) is 84.9 Å². The molecule has 0 bridgehead atoms. The summed E-state index contributed by atoms with van der Waals surface area (Å²) < 4.78 is 0. The van der Waals surface area contributed by atoms with E-state index in [4.69, 9.17) is 21.7 Å². The number of hydrogen-bond acceptors (Lipinski definition) is 4. The van der Waals surface area contributed by atoms with Gasteiger partial charge in [-0.3, -0.25) is 0 Å². The molecule has 0 aromatic heterocycles. The summed E-state index contributed by atoms with van der Waals surface area (Å²) in [5.74, 6) is -1.76. The zero-order valence-corrected chi connectivity index (χ0v) is 13.9. The number of anilines is 2. The Morgan fingerprint density at radius 3 is 1.00 bits per heavy atom. The van der Waals surface area contributed by atoms with Gasteiger partial charge in [0.15, 0.2) is 0 Å². The van der Waals surface area contributed by atoms with Gasteiger partial charge in [0.05, 0.1) is 22.5 Å². The zero-order chi connectivity index (χ0) is 19.4. The van der Waals surface area contributed by atoms with Crippen molar-refractivity contribution in [3.05, 3.63) is 96.1 Å². The lowest BCUT2D eigenvalue weighted by Crippen LogP contribution is -1.93. The predicted molar refractivity (Wildman–Crippen MR) is 102 cm³/mol. The average Bonchev–Trinajstić information content (AvgIpc) is 2.66. The van der Waals surface area contributed by atoms with Crippen LogP contribution >= 0.6 is 0 Å². The largest absolute Gasteiger partial charge is 0.478 e. The second-order valence-corrected chi connectivity index (χ2v) is 4.97. The molecule has 6 nitrogen and oxygen atoms in total. The number of benzene rings is 3. The Bertz CT molecular complexity index is 751. The van der Waals surface area contributed by atoms with E-state index in [1.54, 1.807) is 72.8 Å². The highest BCUT2D eigenvalue weighted by atomic mass is 16.4. The fraction of sp³-hybridized carbons (Fsp3) is 0.